The van der Waals surface area contributed by atoms with E-state index in [0.29, 0.717) is 28.4 Å². The molecule has 0 aliphatic heterocycles. The standard InChI is InChI=1S/C22H20ClF3N4OS/c1-3-8-31-20-16-7-5-14(23)10-18(16)29-30(20)12-21(2,11-27)17-9-13(22(24,25)26)4-6-15(17)19(28)32/h4-7,9-10H,3,8,12H2,1-2H3,(H2,28,32). The molecule has 5 nitrogen and oxygen atoms in total. The molecule has 0 aliphatic carbocycles. The number of hydrogen-bond donors (Lipinski definition) is 1. The average molecular weight is 481 g/mol. The number of alkyl halides is 3. The van der Waals surface area contributed by atoms with Crippen molar-refractivity contribution in [3.05, 3.63) is 58.1 Å². The van der Waals surface area contributed by atoms with Crippen molar-refractivity contribution in [1.82, 2.24) is 9.78 Å². The lowest BCUT2D eigenvalue weighted by atomic mass is 9.80. The van der Waals surface area contributed by atoms with Gasteiger partial charge in [0.15, 0.2) is 0 Å². The van der Waals surface area contributed by atoms with Crippen molar-refractivity contribution >= 4 is 39.7 Å². The molecule has 1 unspecified atom stereocenters. The van der Waals surface area contributed by atoms with Crippen LogP contribution in [-0.2, 0) is 18.1 Å². The fraction of sp³-hybridized carbons (Fsp3) is 0.318. The smallest absolute Gasteiger partial charge is 0.416 e. The molecule has 0 saturated carbocycles. The molecule has 2 N–H and O–H groups in total. The van der Waals surface area contributed by atoms with E-state index in [9.17, 15) is 18.4 Å². The van der Waals surface area contributed by atoms with Crippen LogP contribution < -0.4 is 10.5 Å². The molecule has 2 aromatic carbocycles. The second-order valence-corrected chi connectivity index (χ2v) is 8.42. The Morgan fingerprint density at radius 2 is 2.00 bits per heavy atom. The topological polar surface area (TPSA) is 76.9 Å². The lowest BCUT2D eigenvalue weighted by Crippen LogP contribution is -2.31. The SMILES string of the molecule is CCCOc1c2ccc(Cl)cc2nn1CC(C)(C#N)c1cc(C(F)(F)F)ccc1C(N)=S. The first-order chi connectivity index (χ1) is 15.0. The van der Waals surface area contributed by atoms with Crippen molar-refractivity contribution in [2.45, 2.75) is 38.4 Å². The molecule has 168 valence electrons. The number of benzene rings is 2. The molecule has 10 heteroatoms. The maximum atomic E-state index is 13.4. The van der Waals surface area contributed by atoms with Gasteiger partial charge in [0.05, 0.1) is 41.1 Å². The highest BCUT2D eigenvalue weighted by Gasteiger charge is 2.37. The van der Waals surface area contributed by atoms with Gasteiger partial charge in [0.2, 0.25) is 5.88 Å². The molecule has 0 radical (unpaired) electrons. The zero-order chi connectivity index (χ0) is 23.7. The quantitative estimate of drug-likeness (QED) is 0.444. The van der Waals surface area contributed by atoms with E-state index < -0.39 is 17.2 Å². The fourth-order valence-electron chi connectivity index (χ4n) is 3.41. The summed E-state index contributed by atoms with van der Waals surface area (Å²) < 4.78 is 47.6. The third-order valence-corrected chi connectivity index (χ3v) is 5.47. The summed E-state index contributed by atoms with van der Waals surface area (Å²) in [5.74, 6) is 0.406. The number of hydrogen-bond acceptors (Lipinski definition) is 4. The maximum Gasteiger partial charge on any atom is 0.416 e. The van der Waals surface area contributed by atoms with Crippen LogP contribution in [0.2, 0.25) is 5.02 Å². The van der Waals surface area contributed by atoms with Gasteiger partial charge in [0, 0.05) is 10.6 Å². The highest BCUT2D eigenvalue weighted by Crippen LogP contribution is 2.37. The monoisotopic (exact) mass is 480 g/mol. The van der Waals surface area contributed by atoms with Crippen molar-refractivity contribution in [3.63, 3.8) is 0 Å². The Kier molecular flexibility index (Phi) is 6.67. The fourth-order valence-corrected chi connectivity index (χ4v) is 3.76. The molecule has 32 heavy (non-hydrogen) atoms. The molecule has 3 rings (SSSR count). The number of nitrogens with two attached hydrogens (primary N) is 1. The Labute approximate surface area is 193 Å². The zero-order valence-corrected chi connectivity index (χ0v) is 18.9. The molecule has 0 aliphatic rings. The molecule has 1 aromatic heterocycles. The lowest BCUT2D eigenvalue weighted by molar-refractivity contribution is -0.137. The van der Waals surface area contributed by atoms with Crippen LogP contribution in [0.3, 0.4) is 0 Å². The Balaban J connectivity index is 2.18. The van der Waals surface area contributed by atoms with Gasteiger partial charge in [-0.3, -0.25) is 0 Å². The molecule has 3 aromatic rings. The van der Waals surface area contributed by atoms with Crippen LogP contribution in [0.5, 0.6) is 5.88 Å². The van der Waals surface area contributed by atoms with Gasteiger partial charge in [-0.2, -0.15) is 23.5 Å². The summed E-state index contributed by atoms with van der Waals surface area (Å²) in [6.45, 7) is 3.77. The van der Waals surface area contributed by atoms with Gasteiger partial charge in [-0.15, -0.1) is 0 Å². The van der Waals surface area contributed by atoms with Crippen molar-refractivity contribution < 1.29 is 17.9 Å². The second kappa shape index (κ2) is 8.96. The molecule has 0 spiro atoms. The van der Waals surface area contributed by atoms with Crippen LogP contribution in [0.4, 0.5) is 13.2 Å². The van der Waals surface area contributed by atoms with Crippen LogP contribution in [0.15, 0.2) is 36.4 Å². The first kappa shape index (κ1) is 23.8. The Bertz CT molecular complexity index is 1220. The van der Waals surface area contributed by atoms with Gasteiger partial charge < -0.3 is 10.5 Å². The zero-order valence-electron chi connectivity index (χ0n) is 17.3. The summed E-state index contributed by atoms with van der Waals surface area (Å²) >= 11 is 11.1. The van der Waals surface area contributed by atoms with Gasteiger partial charge >= 0.3 is 6.18 Å². The van der Waals surface area contributed by atoms with Crippen LogP contribution in [-0.4, -0.2) is 21.4 Å². The summed E-state index contributed by atoms with van der Waals surface area (Å²) in [6, 6.07) is 10.2. The van der Waals surface area contributed by atoms with E-state index >= 15 is 0 Å². The van der Waals surface area contributed by atoms with E-state index in [-0.39, 0.29) is 22.7 Å². The van der Waals surface area contributed by atoms with Crippen LogP contribution in [0.25, 0.3) is 10.9 Å². The highest BCUT2D eigenvalue weighted by atomic mass is 35.5. The minimum atomic E-state index is -4.59. The van der Waals surface area contributed by atoms with E-state index in [2.05, 4.69) is 11.2 Å². The number of nitrogens with zero attached hydrogens (tertiary/aromatic N) is 3. The van der Waals surface area contributed by atoms with E-state index in [4.69, 9.17) is 34.3 Å². The first-order valence-electron chi connectivity index (χ1n) is 9.72. The molecule has 0 amide bonds. The number of nitriles is 1. The summed E-state index contributed by atoms with van der Waals surface area (Å²) in [6.07, 6.45) is -3.86. The Hall–Kier alpha value is -2.83. The minimum Gasteiger partial charge on any atom is -0.477 e. The number of thiocarbonyl (C=S) groups is 1. The van der Waals surface area contributed by atoms with Crippen molar-refractivity contribution in [2.75, 3.05) is 6.61 Å². The summed E-state index contributed by atoms with van der Waals surface area (Å²) in [5, 5.41) is 15.7. The third-order valence-electron chi connectivity index (χ3n) is 5.02. The van der Waals surface area contributed by atoms with E-state index in [1.165, 1.54) is 17.7 Å². The summed E-state index contributed by atoms with van der Waals surface area (Å²) in [4.78, 5) is -0.102. The molecule has 1 atom stereocenters. The van der Waals surface area contributed by atoms with Crippen LogP contribution in [0.1, 0.15) is 37.0 Å². The normalized spacial score (nSPS) is 13.5. The predicted octanol–water partition coefficient (Wildman–Crippen LogP) is 5.61. The number of fused-ring (bicyclic) bond motifs is 1. The summed E-state index contributed by atoms with van der Waals surface area (Å²) in [5.41, 5.74) is 4.24. The molecular formula is C22H20ClF3N4OS. The number of aromatic nitrogens is 2. The van der Waals surface area contributed by atoms with Crippen molar-refractivity contribution in [2.24, 2.45) is 5.73 Å². The third kappa shape index (κ3) is 4.66. The minimum absolute atomic E-state index is 0.0707. The number of ether oxygens (including phenoxy) is 1. The Morgan fingerprint density at radius 1 is 1.28 bits per heavy atom. The highest BCUT2D eigenvalue weighted by molar-refractivity contribution is 7.80. The number of halogens is 4. The van der Waals surface area contributed by atoms with Crippen LogP contribution >= 0.6 is 23.8 Å². The van der Waals surface area contributed by atoms with E-state index in [1.807, 2.05) is 6.92 Å². The molecule has 0 bridgehead atoms. The first-order valence-corrected chi connectivity index (χ1v) is 10.5. The van der Waals surface area contributed by atoms with Crippen LogP contribution in [0, 0.1) is 11.3 Å². The Morgan fingerprint density at radius 3 is 2.59 bits per heavy atom. The van der Waals surface area contributed by atoms with Gasteiger partial charge in [0.25, 0.3) is 0 Å². The molecule has 1 heterocycles. The predicted molar refractivity (Wildman–Crippen MR) is 121 cm³/mol. The van der Waals surface area contributed by atoms with Gasteiger partial charge in [-0.25, -0.2) is 4.68 Å². The lowest BCUT2D eigenvalue weighted by Gasteiger charge is -2.26. The molecule has 0 saturated heterocycles. The summed E-state index contributed by atoms with van der Waals surface area (Å²) in [7, 11) is 0. The number of rotatable bonds is 7. The van der Waals surface area contributed by atoms with Gasteiger partial charge in [-0.05, 0) is 49.2 Å². The largest absolute Gasteiger partial charge is 0.477 e. The van der Waals surface area contributed by atoms with Gasteiger partial charge in [0.1, 0.15) is 4.99 Å². The second-order valence-electron chi connectivity index (χ2n) is 7.54. The average Bonchev–Trinajstić information content (AvgIpc) is 3.06. The van der Waals surface area contributed by atoms with Gasteiger partial charge in [-0.1, -0.05) is 36.8 Å². The van der Waals surface area contributed by atoms with Crippen molar-refractivity contribution in [3.8, 4) is 11.9 Å². The van der Waals surface area contributed by atoms with E-state index in [0.717, 1.165) is 18.6 Å². The van der Waals surface area contributed by atoms with E-state index in [1.54, 1.807) is 18.2 Å². The molecular weight excluding hydrogens is 461 g/mol. The molecule has 0 fully saturated rings. The maximum absolute atomic E-state index is 13.4. The van der Waals surface area contributed by atoms with Crippen molar-refractivity contribution in [1.29, 1.82) is 5.26 Å².